The third-order valence-electron chi connectivity index (χ3n) is 3.46. The van der Waals surface area contributed by atoms with Crippen molar-refractivity contribution in [1.29, 1.82) is 0 Å². The molecule has 0 saturated heterocycles. The summed E-state index contributed by atoms with van der Waals surface area (Å²) < 4.78 is 10.7. The molecule has 0 radical (unpaired) electrons. The first kappa shape index (κ1) is 13.5. The van der Waals surface area contributed by atoms with E-state index in [0.29, 0.717) is 6.42 Å². The normalized spacial score (nSPS) is 13.8. The first-order valence-corrected chi connectivity index (χ1v) is 6.93. The Bertz CT molecular complexity index is 640. The van der Waals surface area contributed by atoms with E-state index < -0.39 is 0 Å². The lowest BCUT2D eigenvalue weighted by molar-refractivity contribution is -0.119. The minimum atomic E-state index is -0.0518. The van der Waals surface area contributed by atoms with Gasteiger partial charge in [0.15, 0.2) is 11.5 Å². The Kier molecular flexibility index (Phi) is 3.77. The van der Waals surface area contributed by atoms with Gasteiger partial charge in [0.2, 0.25) is 12.7 Å². The molecule has 1 aliphatic heterocycles. The summed E-state index contributed by atoms with van der Waals surface area (Å²) in [6.45, 7) is 1.81. The lowest BCUT2D eigenvalue weighted by Crippen LogP contribution is -2.27. The quantitative estimate of drug-likeness (QED) is 0.938. The number of hydrogen-bond acceptors (Lipinski definition) is 3. The minimum absolute atomic E-state index is 0.0374. The molecule has 0 bridgehead atoms. The van der Waals surface area contributed by atoms with E-state index in [2.05, 4.69) is 5.32 Å². The molecule has 1 N–H and O–H groups in total. The molecule has 0 saturated carbocycles. The van der Waals surface area contributed by atoms with E-state index in [1.165, 1.54) is 6.92 Å². The summed E-state index contributed by atoms with van der Waals surface area (Å²) in [7, 11) is 0. The molecule has 1 atom stereocenters. The molecule has 4 heteroatoms. The summed E-state index contributed by atoms with van der Waals surface area (Å²) in [5.41, 5.74) is 2.19. The molecular formula is C17H17NO3. The second-order valence-electron chi connectivity index (χ2n) is 5.06. The van der Waals surface area contributed by atoms with Crippen molar-refractivity contribution in [2.45, 2.75) is 19.4 Å². The second-order valence-corrected chi connectivity index (χ2v) is 5.06. The number of ether oxygens (including phenoxy) is 2. The van der Waals surface area contributed by atoms with Crippen molar-refractivity contribution in [1.82, 2.24) is 5.32 Å². The van der Waals surface area contributed by atoms with Crippen LogP contribution in [0.1, 0.15) is 24.1 Å². The van der Waals surface area contributed by atoms with E-state index in [1.807, 2.05) is 48.5 Å². The summed E-state index contributed by atoms with van der Waals surface area (Å²) in [6.07, 6.45) is 0.709. The zero-order chi connectivity index (χ0) is 14.7. The molecule has 0 aliphatic carbocycles. The van der Waals surface area contributed by atoms with Gasteiger partial charge in [-0.25, -0.2) is 0 Å². The molecule has 21 heavy (non-hydrogen) atoms. The van der Waals surface area contributed by atoms with Crippen LogP contribution in [0.5, 0.6) is 11.5 Å². The maximum Gasteiger partial charge on any atom is 0.231 e. The fourth-order valence-corrected chi connectivity index (χ4v) is 2.49. The van der Waals surface area contributed by atoms with E-state index >= 15 is 0 Å². The Hall–Kier alpha value is -2.49. The summed E-state index contributed by atoms with van der Waals surface area (Å²) >= 11 is 0. The number of carbonyl (C=O) groups excluding carboxylic acids is 1. The standard InChI is InChI=1S/C17H17NO3/c1-12(19)18-15(14-5-3-2-4-6-14)9-13-7-8-16-17(10-13)21-11-20-16/h2-8,10,15H,9,11H2,1H3,(H,18,19). The van der Waals surface area contributed by atoms with Gasteiger partial charge < -0.3 is 14.8 Å². The van der Waals surface area contributed by atoms with Gasteiger partial charge in [-0.3, -0.25) is 4.79 Å². The monoisotopic (exact) mass is 283 g/mol. The van der Waals surface area contributed by atoms with Gasteiger partial charge in [0, 0.05) is 6.92 Å². The Morgan fingerprint density at radius 3 is 2.67 bits per heavy atom. The maximum atomic E-state index is 11.4. The smallest absolute Gasteiger partial charge is 0.231 e. The molecule has 3 rings (SSSR count). The van der Waals surface area contributed by atoms with Crippen LogP contribution in [-0.2, 0) is 11.2 Å². The molecule has 0 spiro atoms. The molecule has 2 aromatic carbocycles. The van der Waals surface area contributed by atoms with Crippen LogP contribution < -0.4 is 14.8 Å². The summed E-state index contributed by atoms with van der Waals surface area (Å²) in [4.78, 5) is 11.4. The van der Waals surface area contributed by atoms with Crippen LogP contribution in [0.4, 0.5) is 0 Å². The van der Waals surface area contributed by atoms with Crippen molar-refractivity contribution in [3.63, 3.8) is 0 Å². The molecule has 1 amide bonds. The van der Waals surface area contributed by atoms with Crippen molar-refractivity contribution in [3.05, 3.63) is 59.7 Å². The van der Waals surface area contributed by atoms with Gasteiger partial charge >= 0.3 is 0 Å². The molecule has 108 valence electrons. The van der Waals surface area contributed by atoms with Gasteiger partial charge in [-0.2, -0.15) is 0 Å². The molecule has 1 unspecified atom stereocenters. The third kappa shape index (κ3) is 3.16. The van der Waals surface area contributed by atoms with Crippen molar-refractivity contribution in [3.8, 4) is 11.5 Å². The number of benzene rings is 2. The van der Waals surface area contributed by atoms with E-state index in [9.17, 15) is 4.79 Å². The zero-order valence-electron chi connectivity index (χ0n) is 11.8. The predicted molar refractivity (Wildman–Crippen MR) is 79.3 cm³/mol. The zero-order valence-corrected chi connectivity index (χ0v) is 11.8. The summed E-state index contributed by atoms with van der Waals surface area (Å²) in [6, 6.07) is 15.8. The predicted octanol–water partition coefficient (Wildman–Crippen LogP) is 2.84. The highest BCUT2D eigenvalue weighted by molar-refractivity contribution is 5.73. The first-order chi connectivity index (χ1) is 10.2. The second kappa shape index (κ2) is 5.87. The number of nitrogens with one attached hydrogen (secondary N) is 1. The highest BCUT2D eigenvalue weighted by Gasteiger charge is 2.17. The molecule has 1 heterocycles. The molecule has 2 aromatic rings. The first-order valence-electron chi connectivity index (χ1n) is 6.93. The Morgan fingerprint density at radius 1 is 1.14 bits per heavy atom. The van der Waals surface area contributed by atoms with Crippen LogP contribution in [0.25, 0.3) is 0 Å². The molecule has 4 nitrogen and oxygen atoms in total. The van der Waals surface area contributed by atoms with Crippen LogP contribution in [0, 0.1) is 0 Å². The van der Waals surface area contributed by atoms with Crippen LogP contribution in [0.2, 0.25) is 0 Å². The molecule has 1 aliphatic rings. The molecular weight excluding hydrogens is 266 g/mol. The van der Waals surface area contributed by atoms with Crippen molar-refractivity contribution in [2.75, 3.05) is 6.79 Å². The van der Waals surface area contributed by atoms with Crippen molar-refractivity contribution < 1.29 is 14.3 Å². The third-order valence-corrected chi connectivity index (χ3v) is 3.46. The van der Waals surface area contributed by atoms with Gasteiger partial charge in [0.05, 0.1) is 6.04 Å². The Labute approximate surface area is 123 Å². The number of fused-ring (bicyclic) bond motifs is 1. The lowest BCUT2D eigenvalue weighted by Gasteiger charge is -2.18. The average Bonchev–Trinajstić information content (AvgIpc) is 2.94. The van der Waals surface area contributed by atoms with E-state index in [1.54, 1.807) is 0 Å². The summed E-state index contributed by atoms with van der Waals surface area (Å²) in [5.74, 6) is 1.50. The van der Waals surface area contributed by atoms with Crippen LogP contribution in [0.3, 0.4) is 0 Å². The fourth-order valence-electron chi connectivity index (χ4n) is 2.49. The minimum Gasteiger partial charge on any atom is -0.454 e. The lowest BCUT2D eigenvalue weighted by atomic mass is 9.98. The van der Waals surface area contributed by atoms with Gasteiger partial charge in [0.25, 0.3) is 0 Å². The van der Waals surface area contributed by atoms with Gasteiger partial charge in [0.1, 0.15) is 0 Å². The number of amides is 1. The SMILES string of the molecule is CC(=O)NC(Cc1ccc2c(c1)OCO2)c1ccccc1. The van der Waals surface area contributed by atoms with Gasteiger partial charge in [-0.1, -0.05) is 36.4 Å². The fraction of sp³-hybridized carbons (Fsp3) is 0.235. The number of rotatable bonds is 4. The summed E-state index contributed by atoms with van der Waals surface area (Å²) in [5, 5.41) is 3.00. The topological polar surface area (TPSA) is 47.6 Å². The van der Waals surface area contributed by atoms with E-state index in [0.717, 1.165) is 22.6 Å². The van der Waals surface area contributed by atoms with Gasteiger partial charge in [-0.15, -0.1) is 0 Å². The maximum absolute atomic E-state index is 11.4. The Morgan fingerprint density at radius 2 is 1.90 bits per heavy atom. The van der Waals surface area contributed by atoms with Crippen molar-refractivity contribution in [2.24, 2.45) is 0 Å². The highest BCUT2D eigenvalue weighted by atomic mass is 16.7. The van der Waals surface area contributed by atoms with E-state index in [-0.39, 0.29) is 18.7 Å². The average molecular weight is 283 g/mol. The Balaban J connectivity index is 1.82. The van der Waals surface area contributed by atoms with Crippen LogP contribution >= 0.6 is 0 Å². The largest absolute Gasteiger partial charge is 0.454 e. The number of carbonyl (C=O) groups is 1. The van der Waals surface area contributed by atoms with E-state index in [4.69, 9.17) is 9.47 Å². The highest BCUT2D eigenvalue weighted by Crippen LogP contribution is 2.33. The molecule has 0 fully saturated rings. The molecule has 0 aromatic heterocycles. The number of hydrogen-bond donors (Lipinski definition) is 1. The van der Waals surface area contributed by atoms with Crippen LogP contribution in [-0.4, -0.2) is 12.7 Å². The van der Waals surface area contributed by atoms with Gasteiger partial charge in [-0.05, 0) is 29.7 Å². The van der Waals surface area contributed by atoms with Crippen LogP contribution in [0.15, 0.2) is 48.5 Å². The van der Waals surface area contributed by atoms with Crippen molar-refractivity contribution >= 4 is 5.91 Å².